The van der Waals surface area contributed by atoms with Crippen molar-refractivity contribution in [3.63, 3.8) is 0 Å². The SMILES string of the molecule is CC(C)(C)N=C=O.C[C@@H](CC(=O)CC(C)(C)C)c1ccc(C(=O)NO)cc1.C[C@@H](N)c1ccc(C(=O)O)cc1.C[C@@H](N[S@@](=O)C(C)(C)C)c1ccc(C(=O)OC(C)(C)C)cc1.Cl. The van der Waals surface area contributed by atoms with Crippen LogP contribution in [0.25, 0.3) is 0 Å². The average Bonchev–Trinajstić information content (AvgIpc) is 3.13. The van der Waals surface area contributed by atoms with Gasteiger partial charge in [-0.05, 0) is 141 Å². The second-order valence-corrected chi connectivity index (χ2v) is 20.9. The van der Waals surface area contributed by atoms with E-state index in [-0.39, 0.29) is 57.9 Å². The van der Waals surface area contributed by atoms with Gasteiger partial charge >= 0.3 is 11.9 Å². The number of hydrogen-bond donors (Lipinski definition) is 5. The van der Waals surface area contributed by atoms with Gasteiger partial charge in [-0.2, -0.15) is 0 Å². The summed E-state index contributed by atoms with van der Waals surface area (Å²) in [5.41, 5.74) is 10.6. The molecule has 0 fully saturated rings. The van der Waals surface area contributed by atoms with Gasteiger partial charge in [-0.3, -0.25) is 14.8 Å². The molecule has 3 aromatic carbocycles. The number of halogens is 1. The maximum atomic E-state index is 12.1. The van der Waals surface area contributed by atoms with Crippen molar-refractivity contribution in [2.75, 3.05) is 0 Å². The van der Waals surface area contributed by atoms with Crippen LogP contribution in [0.15, 0.2) is 77.8 Å². The van der Waals surface area contributed by atoms with Gasteiger partial charge in [0.25, 0.3) is 5.91 Å². The van der Waals surface area contributed by atoms with Crippen LogP contribution in [0.4, 0.5) is 0 Å². The number of aliphatic imine (C=N–C) groups is 1. The van der Waals surface area contributed by atoms with Gasteiger partial charge in [0.05, 0.1) is 32.4 Å². The van der Waals surface area contributed by atoms with Gasteiger partial charge < -0.3 is 15.6 Å². The molecule has 0 aliphatic heterocycles. The topological polar surface area (TPSA) is 215 Å². The number of esters is 1. The number of nitrogens with zero attached hydrogens (tertiary/aromatic N) is 1. The fourth-order valence-electron chi connectivity index (χ4n) is 4.87. The minimum Gasteiger partial charge on any atom is -0.478 e. The van der Waals surface area contributed by atoms with E-state index in [0.29, 0.717) is 29.5 Å². The Morgan fingerprint density at radius 1 is 0.742 bits per heavy atom. The molecule has 0 saturated carbocycles. The van der Waals surface area contributed by atoms with Gasteiger partial charge in [0, 0.05) is 30.5 Å². The van der Waals surface area contributed by atoms with Gasteiger partial charge in [0.15, 0.2) is 0 Å². The van der Waals surface area contributed by atoms with Crippen LogP contribution >= 0.6 is 12.4 Å². The number of carboxylic acid groups (broad SMARTS) is 1. The summed E-state index contributed by atoms with van der Waals surface area (Å²) in [5.74, 6) is -1.41. The van der Waals surface area contributed by atoms with Gasteiger partial charge in [-0.1, -0.05) is 64.1 Å². The van der Waals surface area contributed by atoms with E-state index in [4.69, 9.17) is 20.8 Å². The first-order valence-corrected chi connectivity index (χ1v) is 21.2. The van der Waals surface area contributed by atoms with Crippen molar-refractivity contribution in [1.82, 2.24) is 10.2 Å². The van der Waals surface area contributed by atoms with E-state index in [1.54, 1.807) is 54.0 Å². The molecule has 0 aliphatic rings. The molecule has 62 heavy (non-hydrogen) atoms. The molecule has 0 saturated heterocycles. The van der Waals surface area contributed by atoms with Crippen molar-refractivity contribution in [1.29, 1.82) is 0 Å². The number of carboxylic acids is 1. The number of hydroxylamine groups is 1. The maximum Gasteiger partial charge on any atom is 0.338 e. The summed E-state index contributed by atoms with van der Waals surface area (Å²) in [7, 11) is -1.14. The lowest BCUT2D eigenvalue weighted by Gasteiger charge is -2.22. The largest absolute Gasteiger partial charge is 0.478 e. The zero-order chi connectivity index (χ0) is 47.5. The molecule has 1 amide bonds. The second-order valence-electron chi connectivity index (χ2n) is 18.9. The summed E-state index contributed by atoms with van der Waals surface area (Å²) in [5, 5.41) is 17.1. The summed E-state index contributed by atoms with van der Waals surface area (Å²) in [6.45, 7) is 28.8. The number of ketones is 1. The molecule has 0 bridgehead atoms. The summed E-state index contributed by atoms with van der Waals surface area (Å²) in [6, 6.07) is 20.6. The lowest BCUT2D eigenvalue weighted by atomic mass is 9.86. The zero-order valence-electron chi connectivity index (χ0n) is 39.2. The molecule has 0 spiro atoms. The number of rotatable bonds is 11. The molecule has 6 N–H and O–H groups in total. The Kier molecular flexibility index (Phi) is 25.7. The van der Waals surface area contributed by atoms with E-state index < -0.39 is 28.5 Å². The number of Topliss-reactive ketones (excluding diaryl/α,β-unsaturated/α-hetero) is 1. The monoisotopic (exact) mass is 902 g/mol. The molecule has 3 aromatic rings. The molecule has 4 atom stereocenters. The van der Waals surface area contributed by atoms with Crippen LogP contribution in [0, 0.1) is 5.41 Å². The molecule has 0 aliphatic carbocycles. The summed E-state index contributed by atoms with van der Waals surface area (Å²) in [6.07, 6.45) is 2.56. The average molecular weight is 904 g/mol. The Morgan fingerprint density at radius 2 is 1.18 bits per heavy atom. The van der Waals surface area contributed by atoms with E-state index >= 15 is 0 Å². The third kappa shape index (κ3) is 26.0. The summed E-state index contributed by atoms with van der Waals surface area (Å²) >= 11 is 0. The summed E-state index contributed by atoms with van der Waals surface area (Å²) < 4.78 is 20.2. The van der Waals surface area contributed by atoms with Crippen LogP contribution in [-0.4, -0.2) is 60.1 Å². The number of carbonyl (C=O) groups excluding carboxylic acids is 4. The Labute approximate surface area is 378 Å². The van der Waals surface area contributed by atoms with Crippen LogP contribution in [-0.2, 0) is 25.3 Å². The number of carbonyl (C=O) groups is 4. The van der Waals surface area contributed by atoms with E-state index in [9.17, 15) is 28.2 Å². The Balaban J connectivity index is 0. The predicted molar refractivity (Wildman–Crippen MR) is 250 cm³/mol. The standard InChI is InChI=1S/C17H27NO3S.C16H23NO3.C9H11NO2.C5H9NO.ClH/c1-12(18-22(20)17(5,6)7)13-8-10-14(11-9-13)15(19)21-16(2,3)4;1-11(9-14(18)10-16(2,3)4)12-5-7-13(8-6-12)15(19)17-20;1-6(10)7-2-4-8(5-3-7)9(11)12;1-5(2,3)6-4-7;/h8-12,18H,1-7H3;5-8,11,20H,9-10H2,1-4H3,(H,17,19);2-6H,10H2,1H3,(H,11,12);1-3H3;1H/t12-,22+;11-;6-;;/m101../s1. The van der Waals surface area contributed by atoms with Crippen LogP contribution in [0.5, 0.6) is 0 Å². The zero-order valence-corrected chi connectivity index (χ0v) is 40.8. The van der Waals surface area contributed by atoms with Crippen molar-refractivity contribution in [2.45, 2.75) is 151 Å². The highest BCUT2D eigenvalue weighted by molar-refractivity contribution is 7.84. The first-order valence-electron chi connectivity index (χ1n) is 20.1. The van der Waals surface area contributed by atoms with Crippen molar-refractivity contribution in [3.8, 4) is 0 Å². The highest BCUT2D eigenvalue weighted by Gasteiger charge is 2.23. The van der Waals surface area contributed by atoms with Crippen molar-refractivity contribution >= 4 is 53.1 Å². The van der Waals surface area contributed by atoms with Gasteiger partial charge in [-0.25, -0.2) is 33.8 Å². The Morgan fingerprint density at radius 3 is 1.53 bits per heavy atom. The summed E-state index contributed by atoms with van der Waals surface area (Å²) in [4.78, 5) is 58.6. The van der Waals surface area contributed by atoms with E-state index in [0.717, 1.165) is 16.7 Å². The van der Waals surface area contributed by atoms with Gasteiger partial charge in [0.2, 0.25) is 6.08 Å². The van der Waals surface area contributed by atoms with E-state index in [1.807, 2.05) is 107 Å². The highest BCUT2D eigenvalue weighted by atomic mass is 35.5. The molecule has 0 aromatic heterocycles. The van der Waals surface area contributed by atoms with Crippen LogP contribution in [0.2, 0.25) is 0 Å². The molecule has 0 unspecified atom stereocenters. The lowest BCUT2D eigenvalue weighted by Crippen LogP contribution is -2.34. The van der Waals surface area contributed by atoms with Crippen LogP contribution < -0.4 is 15.9 Å². The molecule has 0 heterocycles. The minimum absolute atomic E-state index is 0. The van der Waals surface area contributed by atoms with Crippen LogP contribution in [0.1, 0.15) is 182 Å². The smallest absolute Gasteiger partial charge is 0.338 e. The minimum atomic E-state index is -1.14. The fraction of sp³-hybridized carbons (Fsp3) is 0.511. The van der Waals surface area contributed by atoms with Gasteiger partial charge in [0.1, 0.15) is 11.4 Å². The first-order chi connectivity index (χ1) is 27.8. The van der Waals surface area contributed by atoms with Crippen LogP contribution in [0.3, 0.4) is 0 Å². The molecule has 3 rings (SSSR count). The van der Waals surface area contributed by atoms with Crippen molar-refractivity contribution < 1.29 is 43.2 Å². The number of aromatic carboxylic acids is 1. The Hall–Kier alpha value is -4.56. The normalized spacial score (nSPS) is 13.1. The fourth-order valence-corrected chi connectivity index (χ4v) is 5.68. The molecule has 13 nitrogen and oxygen atoms in total. The quantitative estimate of drug-likeness (QED) is 0.0404. The molecule has 0 radical (unpaired) electrons. The van der Waals surface area contributed by atoms with E-state index in [1.165, 1.54) is 6.08 Å². The number of nitrogens with one attached hydrogen (secondary N) is 2. The molecule has 346 valence electrons. The third-order valence-corrected chi connectivity index (χ3v) is 9.73. The number of benzene rings is 3. The van der Waals surface area contributed by atoms with Crippen molar-refractivity contribution in [2.24, 2.45) is 16.1 Å². The molecular weight excluding hydrogens is 832 g/mol. The molecule has 15 heteroatoms. The Bertz CT molecular complexity index is 1920. The second kappa shape index (κ2) is 26.8. The third-order valence-electron chi connectivity index (χ3n) is 8.05. The van der Waals surface area contributed by atoms with Crippen molar-refractivity contribution in [3.05, 3.63) is 106 Å². The molecular formula is C47H71ClN4O9S. The number of nitrogens with two attached hydrogens (primary N) is 1. The van der Waals surface area contributed by atoms with Gasteiger partial charge in [-0.15, -0.1) is 12.4 Å². The number of amides is 1. The number of hydrogen-bond acceptors (Lipinski definition) is 10. The number of ether oxygens (including phenoxy) is 1. The lowest BCUT2D eigenvalue weighted by molar-refractivity contribution is -0.121. The number of isocyanates is 1. The van der Waals surface area contributed by atoms with E-state index in [2.05, 4.69) is 30.5 Å². The highest BCUT2D eigenvalue weighted by Crippen LogP contribution is 2.25. The predicted octanol–water partition coefficient (Wildman–Crippen LogP) is 10.0. The first kappa shape index (κ1) is 59.5. The maximum absolute atomic E-state index is 12.1.